The van der Waals surface area contributed by atoms with Gasteiger partial charge in [0.15, 0.2) is 0 Å². The van der Waals surface area contributed by atoms with Gasteiger partial charge in [0.1, 0.15) is 0 Å². The lowest BCUT2D eigenvalue weighted by Crippen LogP contribution is -2.44. The van der Waals surface area contributed by atoms with Gasteiger partial charge in [-0.05, 0) is 55.3 Å². The lowest BCUT2D eigenvalue weighted by atomic mass is 9.80. The molecule has 2 aromatic carbocycles. The molecule has 2 aliphatic rings. The summed E-state index contributed by atoms with van der Waals surface area (Å²) in [5.74, 6) is 0. The monoisotopic (exact) mass is 347 g/mol. The van der Waals surface area contributed by atoms with Crippen molar-refractivity contribution in [1.82, 2.24) is 0 Å². The lowest BCUT2D eigenvalue weighted by Gasteiger charge is -2.45. The summed E-state index contributed by atoms with van der Waals surface area (Å²) in [7, 11) is 0. The molecule has 0 radical (unpaired) electrons. The molecule has 128 valence electrons. The normalized spacial score (nSPS) is 21.8. The van der Waals surface area contributed by atoms with E-state index in [-0.39, 0.29) is 5.54 Å². The van der Waals surface area contributed by atoms with Crippen molar-refractivity contribution in [2.24, 2.45) is 0 Å². The van der Waals surface area contributed by atoms with Crippen molar-refractivity contribution in [3.63, 3.8) is 0 Å². The molecule has 3 aromatic rings. The summed E-state index contributed by atoms with van der Waals surface area (Å²) in [6.07, 6.45) is 6.68. The molecule has 1 atom stereocenters. The lowest BCUT2D eigenvalue weighted by molar-refractivity contribution is 0.288. The molecule has 0 N–H and O–H groups in total. The Morgan fingerprint density at radius 3 is 2.48 bits per heavy atom. The maximum Gasteiger partial charge on any atom is 0.0756 e. The summed E-state index contributed by atoms with van der Waals surface area (Å²) >= 11 is 2.06. The molecule has 5 rings (SSSR count). The molecule has 2 heterocycles. The molecule has 1 aliphatic carbocycles. The largest absolute Gasteiger partial charge is 0.354 e. The predicted octanol–water partition coefficient (Wildman–Crippen LogP) is 6.95. The molecular weight excluding hydrogens is 322 g/mol. The van der Waals surface area contributed by atoms with Crippen molar-refractivity contribution in [3.05, 3.63) is 64.5 Å². The molecule has 1 saturated carbocycles. The SMILES string of the molecule is Cc1ccccc1N1C(C)c2c(sc3ccccc23)C12CCCCC2. The highest BCUT2D eigenvalue weighted by Gasteiger charge is 2.51. The van der Waals surface area contributed by atoms with E-state index < -0.39 is 0 Å². The van der Waals surface area contributed by atoms with Gasteiger partial charge in [-0.25, -0.2) is 0 Å². The van der Waals surface area contributed by atoms with E-state index in [0.29, 0.717) is 6.04 Å². The van der Waals surface area contributed by atoms with Crippen molar-refractivity contribution in [2.75, 3.05) is 4.90 Å². The third-order valence-electron chi connectivity index (χ3n) is 6.38. The molecule has 2 heteroatoms. The van der Waals surface area contributed by atoms with E-state index in [2.05, 4.69) is 78.6 Å². The predicted molar refractivity (Wildman–Crippen MR) is 109 cm³/mol. The first kappa shape index (κ1) is 15.5. The highest BCUT2D eigenvalue weighted by Crippen LogP contribution is 2.59. The first-order chi connectivity index (χ1) is 12.2. The minimum Gasteiger partial charge on any atom is -0.354 e. The average molecular weight is 348 g/mol. The van der Waals surface area contributed by atoms with Gasteiger partial charge in [-0.3, -0.25) is 0 Å². The molecule has 0 amide bonds. The van der Waals surface area contributed by atoms with Crippen LogP contribution in [0.25, 0.3) is 10.1 Å². The maximum absolute atomic E-state index is 2.79. The number of nitrogens with zero attached hydrogens (tertiary/aromatic N) is 1. The van der Waals surface area contributed by atoms with E-state index in [1.165, 1.54) is 53.4 Å². The first-order valence-electron chi connectivity index (χ1n) is 9.59. The Labute approximate surface area is 154 Å². The van der Waals surface area contributed by atoms with Gasteiger partial charge in [-0.15, -0.1) is 11.3 Å². The van der Waals surface area contributed by atoms with Gasteiger partial charge in [0, 0.05) is 15.3 Å². The number of aryl methyl sites for hydroxylation is 1. The highest BCUT2D eigenvalue weighted by atomic mass is 32.1. The Kier molecular flexibility index (Phi) is 3.46. The molecule has 25 heavy (non-hydrogen) atoms. The van der Waals surface area contributed by atoms with Gasteiger partial charge in [0.25, 0.3) is 0 Å². The maximum atomic E-state index is 2.79. The second-order valence-corrected chi connectivity index (χ2v) is 8.82. The highest BCUT2D eigenvalue weighted by molar-refractivity contribution is 7.19. The van der Waals surface area contributed by atoms with E-state index in [9.17, 15) is 0 Å². The zero-order valence-electron chi connectivity index (χ0n) is 15.1. The molecular formula is C23H25NS. The second-order valence-electron chi connectivity index (χ2n) is 7.77. The standard InChI is InChI=1S/C23H25NS/c1-16-10-4-6-12-19(16)24-17(2)21-18-11-5-7-13-20(18)25-22(21)23(24)14-8-3-9-15-23/h4-7,10-13,17H,3,8-9,14-15H2,1-2H3. The van der Waals surface area contributed by atoms with Crippen LogP contribution in [0.5, 0.6) is 0 Å². The summed E-state index contributed by atoms with van der Waals surface area (Å²) in [6.45, 7) is 4.69. The number of rotatable bonds is 1. The number of para-hydroxylation sites is 1. The van der Waals surface area contributed by atoms with Gasteiger partial charge in [-0.1, -0.05) is 55.7 Å². The van der Waals surface area contributed by atoms with Crippen LogP contribution >= 0.6 is 11.3 Å². The number of benzene rings is 2. The molecule has 1 aliphatic heterocycles. The zero-order chi connectivity index (χ0) is 17.0. The number of anilines is 1. The molecule has 1 aromatic heterocycles. The van der Waals surface area contributed by atoms with Crippen LogP contribution in [0.3, 0.4) is 0 Å². The first-order valence-corrected chi connectivity index (χ1v) is 10.4. The molecule has 1 fully saturated rings. The zero-order valence-corrected chi connectivity index (χ0v) is 15.9. The van der Waals surface area contributed by atoms with Gasteiger partial charge < -0.3 is 4.90 Å². The van der Waals surface area contributed by atoms with Crippen LogP contribution in [0.2, 0.25) is 0 Å². The molecule has 1 unspecified atom stereocenters. The summed E-state index contributed by atoms with van der Waals surface area (Å²) in [4.78, 5) is 4.44. The quantitative estimate of drug-likeness (QED) is 0.460. The van der Waals surface area contributed by atoms with Crippen LogP contribution in [0, 0.1) is 6.92 Å². The topological polar surface area (TPSA) is 3.24 Å². The van der Waals surface area contributed by atoms with Crippen molar-refractivity contribution in [3.8, 4) is 0 Å². The van der Waals surface area contributed by atoms with Gasteiger partial charge >= 0.3 is 0 Å². The van der Waals surface area contributed by atoms with E-state index in [1.807, 2.05) is 0 Å². The molecule has 1 nitrogen and oxygen atoms in total. The minimum absolute atomic E-state index is 0.211. The third kappa shape index (κ3) is 2.07. The van der Waals surface area contributed by atoms with Crippen LogP contribution in [0.4, 0.5) is 5.69 Å². The number of fused-ring (bicyclic) bond motifs is 4. The van der Waals surface area contributed by atoms with Gasteiger partial charge in [0.05, 0.1) is 11.6 Å². The van der Waals surface area contributed by atoms with Crippen LogP contribution < -0.4 is 4.90 Å². The fraction of sp³-hybridized carbons (Fsp3) is 0.391. The fourth-order valence-corrected chi connectivity index (χ4v) is 6.85. The van der Waals surface area contributed by atoms with Crippen LogP contribution in [0.15, 0.2) is 48.5 Å². The summed E-state index contributed by atoms with van der Waals surface area (Å²) in [6, 6.07) is 18.4. The summed E-state index contributed by atoms with van der Waals surface area (Å²) < 4.78 is 1.47. The van der Waals surface area contributed by atoms with E-state index in [1.54, 1.807) is 10.4 Å². The molecule has 1 spiro atoms. The molecule has 0 bridgehead atoms. The molecule has 0 saturated heterocycles. The number of hydrogen-bond donors (Lipinski definition) is 0. The Balaban J connectivity index is 1.78. The van der Waals surface area contributed by atoms with Gasteiger partial charge in [-0.2, -0.15) is 0 Å². The van der Waals surface area contributed by atoms with Crippen LogP contribution in [0.1, 0.15) is 61.1 Å². The Morgan fingerprint density at radius 2 is 1.68 bits per heavy atom. The van der Waals surface area contributed by atoms with E-state index in [4.69, 9.17) is 0 Å². The van der Waals surface area contributed by atoms with Crippen molar-refractivity contribution < 1.29 is 0 Å². The summed E-state index contributed by atoms with van der Waals surface area (Å²) in [5, 5.41) is 1.48. The number of hydrogen-bond acceptors (Lipinski definition) is 2. The minimum atomic E-state index is 0.211. The van der Waals surface area contributed by atoms with Crippen molar-refractivity contribution in [1.29, 1.82) is 0 Å². The fourth-order valence-electron chi connectivity index (χ4n) is 5.31. The van der Waals surface area contributed by atoms with Crippen LogP contribution in [-0.4, -0.2) is 0 Å². The third-order valence-corrected chi connectivity index (χ3v) is 7.76. The number of thiophene rings is 1. The summed E-state index contributed by atoms with van der Waals surface area (Å²) in [5.41, 5.74) is 4.65. The second kappa shape index (κ2) is 5.60. The smallest absolute Gasteiger partial charge is 0.0756 e. The van der Waals surface area contributed by atoms with Crippen molar-refractivity contribution >= 4 is 27.1 Å². The van der Waals surface area contributed by atoms with Crippen molar-refractivity contribution in [2.45, 2.75) is 57.5 Å². The Bertz CT molecular complexity index is 932. The van der Waals surface area contributed by atoms with E-state index in [0.717, 1.165) is 0 Å². The Hall–Kier alpha value is -1.80. The van der Waals surface area contributed by atoms with Crippen LogP contribution in [-0.2, 0) is 5.54 Å². The average Bonchev–Trinajstić information content (AvgIpc) is 3.13. The van der Waals surface area contributed by atoms with Gasteiger partial charge in [0.2, 0.25) is 0 Å². The van der Waals surface area contributed by atoms with E-state index >= 15 is 0 Å². The Morgan fingerprint density at radius 1 is 0.960 bits per heavy atom.